The lowest BCUT2D eigenvalue weighted by molar-refractivity contribution is -0.384. The normalized spacial score (nSPS) is 10.4. The largest absolute Gasteiger partial charge is 0.393 e. The van der Waals surface area contributed by atoms with Crippen LogP contribution in [0.4, 0.5) is 21.5 Å². The summed E-state index contributed by atoms with van der Waals surface area (Å²) in [4.78, 5) is 35.5. The molecule has 2 aromatic rings. The number of nitrogens with two attached hydrogens (primary N) is 1. The van der Waals surface area contributed by atoms with E-state index in [2.05, 4.69) is 5.32 Å². The number of halogens is 3. The minimum absolute atomic E-state index is 0.235. The van der Waals surface area contributed by atoms with E-state index in [1.807, 2.05) is 0 Å². The van der Waals surface area contributed by atoms with Crippen LogP contribution in [-0.2, 0) is 4.79 Å². The van der Waals surface area contributed by atoms with Gasteiger partial charge < -0.3 is 16.0 Å². The van der Waals surface area contributed by atoms with E-state index >= 15 is 0 Å². The highest BCUT2D eigenvalue weighted by molar-refractivity contribution is 6.42. The van der Waals surface area contributed by atoms with Gasteiger partial charge in [0.15, 0.2) is 0 Å². The Balaban J connectivity index is 2.14. The molecule has 0 aromatic heterocycles. The molecule has 8 nitrogen and oxygen atoms in total. The number of hydrogen-bond donors (Lipinski definition) is 2. The standard InChI is InChI=1S/C16H13Cl2FN4O4/c1-22(7-14(24)21-9-2-3-11(17)12(18)6-9)16(25)10-4-8(19)5-13(15(10)20)23(26)27/h2-6H,7,20H2,1H3,(H,21,24). The summed E-state index contributed by atoms with van der Waals surface area (Å²) >= 11 is 11.6. The molecule has 0 saturated heterocycles. The summed E-state index contributed by atoms with van der Waals surface area (Å²) in [7, 11) is 1.27. The van der Waals surface area contributed by atoms with E-state index in [1.165, 1.54) is 25.2 Å². The Morgan fingerprint density at radius 2 is 1.93 bits per heavy atom. The van der Waals surface area contributed by atoms with Crippen LogP contribution in [0.5, 0.6) is 0 Å². The van der Waals surface area contributed by atoms with Crippen molar-refractivity contribution in [2.24, 2.45) is 0 Å². The number of nitro groups is 1. The fourth-order valence-corrected chi connectivity index (χ4v) is 2.50. The highest BCUT2D eigenvalue weighted by Gasteiger charge is 2.24. The Kier molecular flexibility index (Phi) is 6.19. The summed E-state index contributed by atoms with van der Waals surface area (Å²) in [5.41, 5.74) is 4.33. The quantitative estimate of drug-likeness (QED) is 0.441. The SMILES string of the molecule is CN(CC(=O)Nc1ccc(Cl)c(Cl)c1)C(=O)c1cc(F)cc([N+](=O)[O-])c1N. The van der Waals surface area contributed by atoms with Gasteiger partial charge in [0, 0.05) is 12.7 Å². The Morgan fingerprint density at radius 1 is 1.26 bits per heavy atom. The van der Waals surface area contributed by atoms with Crippen molar-refractivity contribution in [3.63, 3.8) is 0 Å². The second-order valence-corrected chi connectivity index (χ2v) is 6.30. The van der Waals surface area contributed by atoms with E-state index < -0.39 is 46.0 Å². The average Bonchev–Trinajstić information content (AvgIpc) is 2.58. The molecule has 2 rings (SSSR count). The maximum atomic E-state index is 13.6. The van der Waals surface area contributed by atoms with Crippen LogP contribution in [0.25, 0.3) is 0 Å². The summed E-state index contributed by atoms with van der Waals surface area (Å²) < 4.78 is 13.6. The Labute approximate surface area is 162 Å². The predicted octanol–water partition coefficient (Wildman–Crippen LogP) is 3.33. The maximum absolute atomic E-state index is 13.6. The molecule has 0 aliphatic rings. The second-order valence-electron chi connectivity index (χ2n) is 5.48. The number of nitrogens with one attached hydrogen (secondary N) is 1. The van der Waals surface area contributed by atoms with Crippen molar-refractivity contribution in [1.82, 2.24) is 4.90 Å². The van der Waals surface area contributed by atoms with Crippen molar-refractivity contribution < 1.29 is 18.9 Å². The first kappa shape index (κ1) is 20.4. The van der Waals surface area contributed by atoms with Crippen LogP contribution in [0.2, 0.25) is 10.0 Å². The van der Waals surface area contributed by atoms with Crippen LogP contribution in [0.3, 0.4) is 0 Å². The molecule has 0 aliphatic heterocycles. The first-order chi connectivity index (χ1) is 12.6. The zero-order valence-corrected chi connectivity index (χ0v) is 15.3. The molecule has 0 unspecified atom stereocenters. The van der Waals surface area contributed by atoms with Gasteiger partial charge in [0.25, 0.3) is 11.6 Å². The van der Waals surface area contributed by atoms with Crippen LogP contribution >= 0.6 is 23.2 Å². The Morgan fingerprint density at radius 3 is 2.52 bits per heavy atom. The molecule has 27 heavy (non-hydrogen) atoms. The lowest BCUT2D eigenvalue weighted by atomic mass is 10.1. The number of benzene rings is 2. The molecule has 0 heterocycles. The van der Waals surface area contributed by atoms with Crippen LogP contribution in [0.15, 0.2) is 30.3 Å². The molecule has 2 aromatic carbocycles. The van der Waals surface area contributed by atoms with E-state index in [4.69, 9.17) is 28.9 Å². The van der Waals surface area contributed by atoms with Gasteiger partial charge in [-0.05, 0) is 24.3 Å². The van der Waals surface area contributed by atoms with E-state index in [1.54, 1.807) is 0 Å². The number of carbonyl (C=O) groups excluding carboxylic acids is 2. The topological polar surface area (TPSA) is 119 Å². The van der Waals surface area contributed by atoms with Crippen molar-refractivity contribution in [2.45, 2.75) is 0 Å². The third-order valence-corrected chi connectivity index (χ3v) is 4.22. The monoisotopic (exact) mass is 414 g/mol. The van der Waals surface area contributed by atoms with E-state index in [0.29, 0.717) is 16.8 Å². The van der Waals surface area contributed by atoms with Crippen LogP contribution < -0.4 is 11.1 Å². The number of amides is 2. The number of rotatable bonds is 5. The van der Waals surface area contributed by atoms with Gasteiger partial charge in [0.2, 0.25) is 5.91 Å². The molecule has 11 heteroatoms. The molecule has 142 valence electrons. The van der Waals surface area contributed by atoms with Crippen molar-refractivity contribution in [3.05, 3.63) is 61.9 Å². The van der Waals surface area contributed by atoms with Crippen molar-refractivity contribution in [1.29, 1.82) is 0 Å². The second kappa shape index (κ2) is 8.19. The lowest BCUT2D eigenvalue weighted by Gasteiger charge is -2.18. The highest BCUT2D eigenvalue weighted by Crippen LogP contribution is 2.28. The fourth-order valence-electron chi connectivity index (χ4n) is 2.20. The predicted molar refractivity (Wildman–Crippen MR) is 99.5 cm³/mol. The fraction of sp³-hybridized carbons (Fsp3) is 0.125. The molecule has 0 saturated carbocycles. The number of nitrogens with zero attached hydrogens (tertiary/aromatic N) is 2. The molecule has 2 amide bonds. The minimum Gasteiger partial charge on any atom is -0.393 e. The smallest absolute Gasteiger partial charge is 0.295 e. The molecular weight excluding hydrogens is 402 g/mol. The first-order valence-corrected chi connectivity index (χ1v) is 8.09. The molecule has 0 aliphatic carbocycles. The van der Waals surface area contributed by atoms with Gasteiger partial charge in [0.05, 0.1) is 33.1 Å². The van der Waals surface area contributed by atoms with Gasteiger partial charge in [-0.25, -0.2) is 4.39 Å². The van der Waals surface area contributed by atoms with Gasteiger partial charge in [-0.15, -0.1) is 0 Å². The molecule has 0 spiro atoms. The minimum atomic E-state index is -0.993. The van der Waals surface area contributed by atoms with Crippen molar-refractivity contribution >= 4 is 52.1 Å². The number of nitrogen functional groups attached to an aromatic ring is 1. The van der Waals surface area contributed by atoms with Gasteiger partial charge in [-0.1, -0.05) is 23.2 Å². The Bertz CT molecular complexity index is 939. The first-order valence-electron chi connectivity index (χ1n) is 7.34. The van der Waals surface area contributed by atoms with Gasteiger partial charge >= 0.3 is 0 Å². The van der Waals surface area contributed by atoms with Gasteiger partial charge in [-0.3, -0.25) is 19.7 Å². The number of nitro benzene ring substituents is 1. The van der Waals surface area contributed by atoms with E-state index in [9.17, 15) is 24.1 Å². The lowest BCUT2D eigenvalue weighted by Crippen LogP contribution is -2.35. The summed E-state index contributed by atoms with van der Waals surface area (Å²) in [6.45, 7) is -0.414. The van der Waals surface area contributed by atoms with Crippen LogP contribution in [0.1, 0.15) is 10.4 Å². The molecule has 0 radical (unpaired) electrons. The average molecular weight is 415 g/mol. The zero-order chi connectivity index (χ0) is 20.3. The molecular formula is C16H13Cl2FN4O4. The number of likely N-dealkylation sites (N-methyl/N-ethyl adjacent to an activating group) is 1. The van der Waals surface area contributed by atoms with Gasteiger partial charge in [-0.2, -0.15) is 0 Å². The Hall–Kier alpha value is -2.91. The number of anilines is 2. The van der Waals surface area contributed by atoms with Gasteiger partial charge in [0.1, 0.15) is 11.5 Å². The molecule has 0 bridgehead atoms. The van der Waals surface area contributed by atoms with Crippen molar-refractivity contribution in [2.75, 3.05) is 24.6 Å². The summed E-state index contributed by atoms with van der Waals surface area (Å²) in [5, 5.41) is 14.0. The third kappa shape index (κ3) is 4.83. The number of hydrogen-bond acceptors (Lipinski definition) is 5. The van der Waals surface area contributed by atoms with Crippen LogP contribution in [0, 0.1) is 15.9 Å². The summed E-state index contributed by atoms with van der Waals surface area (Å²) in [6.07, 6.45) is 0. The third-order valence-electron chi connectivity index (χ3n) is 3.48. The van der Waals surface area contributed by atoms with E-state index in [0.717, 1.165) is 11.0 Å². The van der Waals surface area contributed by atoms with Crippen molar-refractivity contribution in [3.8, 4) is 0 Å². The summed E-state index contributed by atoms with van der Waals surface area (Å²) in [6, 6.07) is 5.82. The number of carbonyl (C=O) groups is 2. The molecule has 0 atom stereocenters. The van der Waals surface area contributed by atoms with Crippen LogP contribution in [-0.4, -0.2) is 35.2 Å². The van der Waals surface area contributed by atoms with E-state index in [-0.39, 0.29) is 5.02 Å². The highest BCUT2D eigenvalue weighted by atomic mass is 35.5. The molecule has 0 fully saturated rings. The maximum Gasteiger partial charge on any atom is 0.295 e. The summed E-state index contributed by atoms with van der Waals surface area (Å²) in [5.74, 6) is -2.42. The molecule has 3 N–H and O–H groups in total. The zero-order valence-electron chi connectivity index (χ0n) is 13.8.